The third-order valence-electron chi connectivity index (χ3n) is 4.16. The molecular formula is C18H20N2O7. The standard InChI is InChI=1S/C18H20N2O7/c1-10-14(17(21)26-3)15(11-6-5-7-12(8-11)20(23)24)16(18(22)27-4)13(19-10)9-25-2/h5-8,15,19H,9H2,1-4H3. The number of benzene rings is 1. The van der Waals surface area contributed by atoms with Crippen LogP contribution >= 0.6 is 0 Å². The van der Waals surface area contributed by atoms with Crippen molar-refractivity contribution < 1.29 is 28.7 Å². The van der Waals surface area contributed by atoms with Gasteiger partial charge in [-0.2, -0.15) is 0 Å². The molecule has 1 aromatic carbocycles. The molecule has 1 atom stereocenters. The van der Waals surface area contributed by atoms with Gasteiger partial charge >= 0.3 is 11.9 Å². The van der Waals surface area contributed by atoms with Gasteiger partial charge in [0.15, 0.2) is 0 Å². The van der Waals surface area contributed by atoms with Gasteiger partial charge in [0, 0.05) is 24.9 Å². The zero-order chi connectivity index (χ0) is 20.1. The molecule has 9 heteroatoms. The predicted octanol–water partition coefficient (Wildman–Crippen LogP) is 1.80. The van der Waals surface area contributed by atoms with Crippen LogP contribution in [0.15, 0.2) is 46.8 Å². The minimum atomic E-state index is -0.906. The van der Waals surface area contributed by atoms with Crippen molar-refractivity contribution in [3.63, 3.8) is 0 Å². The van der Waals surface area contributed by atoms with Crippen molar-refractivity contribution in [2.45, 2.75) is 12.8 Å². The van der Waals surface area contributed by atoms with Crippen LogP contribution in [-0.2, 0) is 23.8 Å². The van der Waals surface area contributed by atoms with E-state index in [9.17, 15) is 19.7 Å². The second kappa shape index (κ2) is 8.45. The Morgan fingerprint density at radius 1 is 1.15 bits per heavy atom. The number of methoxy groups -OCH3 is 3. The Morgan fingerprint density at radius 2 is 1.78 bits per heavy atom. The Morgan fingerprint density at radius 3 is 2.33 bits per heavy atom. The summed E-state index contributed by atoms with van der Waals surface area (Å²) in [6.07, 6.45) is 0. The number of hydrogen-bond donors (Lipinski definition) is 1. The SMILES string of the molecule is COCC1=C(C(=O)OC)C(c2cccc([N+](=O)[O-])c2)C(C(=O)OC)=C(C)N1. The number of nitrogens with one attached hydrogen (secondary N) is 1. The Hall–Kier alpha value is -3.20. The third-order valence-corrected chi connectivity index (χ3v) is 4.16. The fourth-order valence-electron chi connectivity index (χ4n) is 3.04. The van der Waals surface area contributed by atoms with E-state index >= 15 is 0 Å². The van der Waals surface area contributed by atoms with Crippen LogP contribution in [0.3, 0.4) is 0 Å². The highest BCUT2D eigenvalue weighted by atomic mass is 16.6. The summed E-state index contributed by atoms with van der Waals surface area (Å²) in [4.78, 5) is 35.6. The van der Waals surface area contributed by atoms with E-state index in [2.05, 4.69) is 5.32 Å². The van der Waals surface area contributed by atoms with Gasteiger partial charge in [-0.3, -0.25) is 10.1 Å². The highest BCUT2D eigenvalue weighted by Gasteiger charge is 2.39. The monoisotopic (exact) mass is 376 g/mol. The molecule has 1 aliphatic rings. The Balaban J connectivity index is 2.77. The summed E-state index contributed by atoms with van der Waals surface area (Å²) < 4.78 is 14.9. The maximum atomic E-state index is 12.5. The van der Waals surface area contributed by atoms with Gasteiger partial charge in [0.2, 0.25) is 0 Å². The average molecular weight is 376 g/mol. The normalized spacial score (nSPS) is 16.7. The molecule has 144 valence electrons. The smallest absolute Gasteiger partial charge is 0.336 e. The topological polar surface area (TPSA) is 117 Å². The first-order chi connectivity index (χ1) is 12.8. The molecular weight excluding hydrogens is 356 g/mol. The van der Waals surface area contributed by atoms with E-state index in [0.29, 0.717) is 17.0 Å². The third kappa shape index (κ3) is 3.98. The van der Waals surface area contributed by atoms with Crippen LogP contribution in [0, 0.1) is 10.1 Å². The van der Waals surface area contributed by atoms with Crippen LogP contribution in [0.5, 0.6) is 0 Å². The minimum Gasteiger partial charge on any atom is -0.466 e. The maximum Gasteiger partial charge on any atom is 0.336 e. The van der Waals surface area contributed by atoms with Gasteiger partial charge in [-0.05, 0) is 12.5 Å². The fourth-order valence-corrected chi connectivity index (χ4v) is 3.04. The number of rotatable bonds is 6. The number of esters is 2. The van der Waals surface area contributed by atoms with Gasteiger partial charge < -0.3 is 19.5 Å². The summed E-state index contributed by atoms with van der Waals surface area (Å²) in [5, 5.41) is 14.2. The molecule has 0 saturated heterocycles. The van der Waals surface area contributed by atoms with Crippen molar-refractivity contribution in [1.29, 1.82) is 0 Å². The van der Waals surface area contributed by atoms with Crippen molar-refractivity contribution in [3.8, 4) is 0 Å². The van der Waals surface area contributed by atoms with Crippen molar-refractivity contribution in [3.05, 3.63) is 62.5 Å². The predicted molar refractivity (Wildman–Crippen MR) is 94.6 cm³/mol. The second-order valence-corrected chi connectivity index (χ2v) is 5.76. The number of ether oxygens (including phenoxy) is 3. The highest BCUT2D eigenvalue weighted by molar-refractivity contribution is 6.00. The number of allylic oxidation sites excluding steroid dienone is 1. The Kier molecular flexibility index (Phi) is 6.30. The summed E-state index contributed by atoms with van der Waals surface area (Å²) in [7, 11) is 3.90. The molecule has 1 unspecified atom stereocenters. The highest BCUT2D eigenvalue weighted by Crippen LogP contribution is 2.40. The second-order valence-electron chi connectivity index (χ2n) is 5.76. The van der Waals surface area contributed by atoms with Gasteiger partial charge in [-0.25, -0.2) is 9.59 Å². The molecule has 0 amide bonds. The van der Waals surface area contributed by atoms with E-state index in [0.717, 1.165) is 0 Å². The Labute approximate surface area is 155 Å². The molecule has 0 fully saturated rings. The van der Waals surface area contributed by atoms with E-state index in [1.165, 1.54) is 39.5 Å². The van der Waals surface area contributed by atoms with E-state index < -0.39 is 22.8 Å². The minimum absolute atomic E-state index is 0.0572. The molecule has 1 N–H and O–H groups in total. The van der Waals surface area contributed by atoms with Crippen molar-refractivity contribution in [1.82, 2.24) is 5.32 Å². The number of carbonyl (C=O) groups is 2. The van der Waals surface area contributed by atoms with Gasteiger partial charge in [0.05, 0.1) is 48.5 Å². The van der Waals surface area contributed by atoms with E-state index in [1.54, 1.807) is 13.0 Å². The quantitative estimate of drug-likeness (QED) is 0.454. The van der Waals surface area contributed by atoms with E-state index in [1.807, 2.05) is 0 Å². The van der Waals surface area contributed by atoms with Crippen LogP contribution in [0.25, 0.3) is 0 Å². The largest absolute Gasteiger partial charge is 0.466 e. The zero-order valence-corrected chi connectivity index (χ0v) is 15.4. The van der Waals surface area contributed by atoms with E-state index in [4.69, 9.17) is 14.2 Å². The van der Waals surface area contributed by atoms with Crippen LogP contribution < -0.4 is 5.32 Å². The summed E-state index contributed by atoms with van der Waals surface area (Å²) in [6, 6.07) is 5.74. The molecule has 27 heavy (non-hydrogen) atoms. The zero-order valence-electron chi connectivity index (χ0n) is 15.4. The molecule has 1 heterocycles. The van der Waals surface area contributed by atoms with Crippen molar-refractivity contribution >= 4 is 17.6 Å². The molecule has 1 aliphatic heterocycles. The number of non-ortho nitro benzene ring substituents is 1. The summed E-state index contributed by atoms with van der Waals surface area (Å²) in [6.45, 7) is 1.71. The Bertz CT molecular complexity index is 842. The van der Waals surface area contributed by atoms with Gasteiger partial charge in [0.25, 0.3) is 5.69 Å². The van der Waals surface area contributed by atoms with Gasteiger partial charge in [-0.1, -0.05) is 12.1 Å². The number of carbonyl (C=O) groups excluding carboxylic acids is 2. The molecule has 2 rings (SSSR count). The molecule has 0 bridgehead atoms. The van der Waals surface area contributed by atoms with Crippen LogP contribution in [0.2, 0.25) is 0 Å². The molecule has 9 nitrogen and oxygen atoms in total. The molecule has 0 radical (unpaired) electrons. The first-order valence-electron chi connectivity index (χ1n) is 7.96. The lowest BCUT2D eigenvalue weighted by atomic mass is 9.80. The average Bonchev–Trinajstić information content (AvgIpc) is 2.66. The van der Waals surface area contributed by atoms with Crippen LogP contribution in [0.4, 0.5) is 5.69 Å². The van der Waals surface area contributed by atoms with Gasteiger partial charge in [0.1, 0.15) is 0 Å². The van der Waals surface area contributed by atoms with Gasteiger partial charge in [-0.15, -0.1) is 0 Å². The number of nitrogens with zero attached hydrogens (tertiary/aromatic N) is 1. The van der Waals surface area contributed by atoms with Crippen LogP contribution in [-0.4, -0.2) is 44.8 Å². The molecule has 0 aliphatic carbocycles. The number of nitro groups is 1. The molecule has 0 spiro atoms. The van der Waals surface area contributed by atoms with Crippen LogP contribution in [0.1, 0.15) is 18.4 Å². The first kappa shape index (κ1) is 20.1. The molecule has 1 aromatic rings. The maximum absolute atomic E-state index is 12.5. The summed E-state index contributed by atoms with van der Waals surface area (Å²) in [5.41, 5.74) is 1.39. The van der Waals surface area contributed by atoms with Crippen molar-refractivity contribution in [2.24, 2.45) is 0 Å². The first-order valence-corrected chi connectivity index (χ1v) is 7.96. The number of hydrogen-bond acceptors (Lipinski definition) is 8. The van der Waals surface area contributed by atoms with Crippen molar-refractivity contribution in [2.75, 3.05) is 27.9 Å². The lowest BCUT2D eigenvalue weighted by molar-refractivity contribution is -0.384. The fraction of sp³-hybridized carbons (Fsp3) is 0.333. The summed E-state index contributed by atoms with van der Waals surface area (Å²) in [5.74, 6) is -2.24. The lowest BCUT2D eigenvalue weighted by Crippen LogP contribution is -2.34. The van der Waals surface area contributed by atoms with E-state index in [-0.39, 0.29) is 23.4 Å². The summed E-state index contributed by atoms with van der Waals surface area (Å²) >= 11 is 0. The number of nitro benzene ring substituents is 1. The molecule has 0 aromatic heterocycles. The number of dihydropyridines is 1. The lowest BCUT2D eigenvalue weighted by Gasteiger charge is -2.30. The molecule has 0 saturated carbocycles.